The molecule has 2 heterocycles. The number of hydrogen-bond donors (Lipinski definition) is 4. The van der Waals surface area contributed by atoms with E-state index in [9.17, 15) is 20.4 Å². The maximum absolute atomic E-state index is 10.6. The zero-order chi connectivity index (χ0) is 24.4. The lowest BCUT2D eigenvalue weighted by molar-refractivity contribution is -0.278. The van der Waals surface area contributed by atoms with Gasteiger partial charge in [-0.2, -0.15) is 0 Å². The van der Waals surface area contributed by atoms with Crippen molar-refractivity contribution in [1.82, 2.24) is 9.78 Å². The van der Waals surface area contributed by atoms with Crippen LogP contribution >= 0.6 is 0 Å². The van der Waals surface area contributed by atoms with Crippen LogP contribution in [0, 0.1) is 0 Å². The fourth-order valence-corrected chi connectivity index (χ4v) is 5.09. The van der Waals surface area contributed by atoms with Gasteiger partial charge in [0.1, 0.15) is 24.4 Å². The van der Waals surface area contributed by atoms with Crippen molar-refractivity contribution in [3.63, 3.8) is 0 Å². The summed E-state index contributed by atoms with van der Waals surface area (Å²) in [6.07, 6.45) is -1.97. The van der Waals surface area contributed by atoms with E-state index in [1.165, 1.54) is 0 Å². The van der Waals surface area contributed by atoms with Crippen molar-refractivity contribution >= 4 is 0 Å². The predicted molar refractivity (Wildman–Crippen MR) is 129 cm³/mol. The molecule has 186 valence electrons. The Morgan fingerprint density at radius 3 is 2.20 bits per heavy atom. The van der Waals surface area contributed by atoms with E-state index in [2.05, 4.69) is 12.1 Å². The minimum Gasteiger partial charge on any atom is -0.443 e. The summed E-state index contributed by atoms with van der Waals surface area (Å²) >= 11 is 0. The summed E-state index contributed by atoms with van der Waals surface area (Å²) in [4.78, 5) is 0. The van der Waals surface area contributed by atoms with Gasteiger partial charge in [-0.25, -0.2) is 0 Å². The number of ether oxygens (including phenoxy) is 2. The fourth-order valence-electron chi connectivity index (χ4n) is 5.09. The lowest BCUT2D eigenvalue weighted by Gasteiger charge is -2.39. The van der Waals surface area contributed by atoms with Gasteiger partial charge in [0.25, 0.3) is 0 Å². The SMILES string of the molecule is OC[C@H]1O[C@@H](Oc2nn(C3CCCC3)c(-c3ccccc3)c2Cc2ccccc2)[C@H](O)[C@@H](O)[C@@H]1O. The standard InChI is InChI=1S/C27H32N2O6/c30-16-21-23(31)24(32)25(33)27(34-21)35-26-20(15-17-9-3-1-4-10-17)22(18-11-5-2-6-12-18)29(28-26)19-13-7-8-14-19/h1-6,9-12,19,21,23-25,27,30-33H,7-8,13-16H2/t21-,23-,24+,25-,27+/m1/s1. The second kappa shape index (κ2) is 10.5. The van der Waals surface area contributed by atoms with Crippen LogP contribution in [0.15, 0.2) is 60.7 Å². The highest BCUT2D eigenvalue weighted by Gasteiger charge is 2.45. The van der Waals surface area contributed by atoms with Crippen molar-refractivity contribution in [2.75, 3.05) is 6.61 Å². The lowest BCUT2D eigenvalue weighted by atomic mass is 9.99. The molecule has 8 heteroatoms. The largest absolute Gasteiger partial charge is 0.443 e. The molecule has 0 unspecified atom stereocenters. The fraction of sp³-hybridized carbons (Fsp3) is 0.444. The average molecular weight is 481 g/mol. The van der Waals surface area contributed by atoms with E-state index in [4.69, 9.17) is 14.6 Å². The summed E-state index contributed by atoms with van der Waals surface area (Å²) in [7, 11) is 0. The minimum atomic E-state index is -1.52. The summed E-state index contributed by atoms with van der Waals surface area (Å²) in [6.45, 7) is -0.520. The van der Waals surface area contributed by atoms with Gasteiger partial charge < -0.3 is 29.9 Å². The molecule has 4 N–H and O–H groups in total. The maximum Gasteiger partial charge on any atom is 0.239 e. The molecule has 1 aromatic heterocycles. The van der Waals surface area contributed by atoms with E-state index in [-0.39, 0.29) is 6.04 Å². The Bertz CT molecular complexity index is 1100. The second-order valence-electron chi connectivity index (χ2n) is 9.36. The number of nitrogens with zero attached hydrogens (tertiary/aromatic N) is 2. The van der Waals surface area contributed by atoms with Crippen LogP contribution in [-0.4, -0.2) is 67.5 Å². The Labute approximate surface area is 204 Å². The van der Waals surface area contributed by atoms with E-state index in [0.717, 1.165) is 48.1 Å². The predicted octanol–water partition coefficient (Wildman–Crippen LogP) is 2.43. The van der Waals surface area contributed by atoms with Gasteiger partial charge in [0.2, 0.25) is 12.2 Å². The number of hydrogen-bond acceptors (Lipinski definition) is 7. The maximum atomic E-state index is 10.6. The van der Waals surface area contributed by atoms with Gasteiger partial charge in [-0.05, 0) is 18.4 Å². The molecule has 2 aromatic carbocycles. The van der Waals surface area contributed by atoms with Gasteiger partial charge in [-0.1, -0.05) is 73.5 Å². The van der Waals surface area contributed by atoms with Gasteiger partial charge in [0.15, 0.2) is 0 Å². The van der Waals surface area contributed by atoms with E-state index in [0.29, 0.717) is 12.3 Å². The monoisotopic (exact) mass is 480 g/mol. The molecule has 0 amide bonds. The van der Waals surface area contributed by atoms with Crippen LogP contribution in [0.3, 0.4) is 0 Å². The topological polar surface area (TPSA) is 117 Å². The van der Waals surface area contributed by atoms with Crippen molar-refractivity contribution < 1.29 is 29.9 Å². The van der Waals surface area contributed by atoms with Gasteiger partial charge >= 0.3 is 0 Å². The summed E-state index contributed by atoms with van der Waals surface area (Å²) in [5.74, 6) is 0.309. The van der Waals surface area contributed by atoms with Crippen LogP contribution in [-0.2, 0) is 11.2 Å². The third kappa shape index (κ3) is 4.85. The van der Waals surface area contributed by atoms with Crippen LogP contribution in [0.2, 0.25) is 0 Å². The van der Waals surface area contributed by atoms with E-state index in [1.807, 2.05) is 53.2 Å². The Morgan fingerprint density at radius 2 is 1.54 bits per heavy atom. The van der Waals surface area contributed by atoms with Crippen molar-refractivity contribution in [2.45, 2.75) is 68.9 Å². The van der Waals surface area contributed by atoms with Crippen LogP contribution in [0.4, 0.5) is 0 Å². The zero-order valence-electron chi connectivity index (χ0n) is 19.5. The second-order valence-corrected chi connectivity index (χ2v) is 9.36. The summed E-state index contributed by atoms with van der Waals surface area (Å²) in [5, 5.41) is 45.5. The van der Waals surface area contributed by atoms with E-state index >= 15 is 0 Å². The zero-order valence-corrected chi connectivity index (χ0v) is 19.5. The van der Waals surface area contributed by atoms with Crippen LogP contribution in [0.25, 0.3) is 11.3 Å². The van der Waals surface area contributed by atoms with Gasteiger partial charge in [-0.15, -0.1) is 5.10 Å². The average Bonchev–Trinajstić information content (AvgIpc) is 3.54. The van der Waals surface area contributed by atoms with Gasteiger partial charge in [-0.3, -0.25) is 4.68 Å². The van der Waals surface area contributed by atoms with E-state index < -0.39 is 37.3 Å². The molecule has 5 atom stereocenters. The molecule has 35 heavy (non-hydrogen) atoms. The summed E-state index contributed by atoms with van der Waals surface area (Å²) < 4.78 is 13.8. The molecular formula is C27H32N2O6. The first kappa shape index (κ1) is 24.0. The Kier molecular flexibility index (Phi) is 7.17. The molecule has 1 aliphatic carbocycles. The molecule has 8 nitrogen and oxygen atoms in total. The quantitative estimate of drug-likeness (QED) is 0.410. The highest BCUT2D eigenvalue weighted by molar-refractivity contribution is 5.67. The number of aliphatic hydroxyl groups is 4. The van der Waals surface area contributed by atoms with Crippen molar-refractivity contribution in [2.24, 2.45) is 0 Å². The molecule has 1 saturated heterocycles. The van der Waals surface area contributed by atoms with E-state index in [1.54, 1.807) is 0 Å². The lowest BCUT2D eigenvalue weighted by Crippen LogP contribution is -2.60. The Morgan fingerprint density at radius 1 is 0.886 bits per heavy atom. The summed E-state index contributed by atoms with van der Waals surface area (Å²) in [5.41, 5.74) is 3.91. The molecule has 0 spiro atoms. The highest BCUT2D eigenvalue weighted by Crippen LogP contribution is 2.40. The van der Waals surface area contributed by atoms with Gasteiger partial charge in [0.05, 0.1) is 18.3 Å². The third-order valence-electron chi connectivity index (χ3n) is 6.99. The molecule has 0 bridgehead atoms. The Balaban J connectivity index is 1.59. The number of benzene rings is 2. The molecule has 1 aliphatic heterocycles. The van der Waals surface area contributed by atoms with Crippen LogP contribution in [0.1, 0.15) is 42.9 Å². The molecule has 2 aliphatic rings. The first-order valence-electron chi connectivity index (χ1n) is 12.2. The number of rotatable bonds is 7. The first-order chi connectivity index (χ1) is 17.1. The first-order valence-corrected chi connectivity index (χ1v) is 12.2. The minimum absolute atomic E-state index is 0.229. The smallest absolute Gasteiger partial charge is 0.239 e. The highest BCUT2D eigenvalue weighted by atomic mass is 16.7. The molecule has 2 fully saturated rings. The third-order valence-corrected chi connectivity index (χ3v) is 6.99. The van der Waals surface area contributed by atoms with Crippen LogP contribution in [0.5, 0.6) is 5.88 Å². The number of aromatic nitrogens is 2. The normalized spacial score (nSPS) is 27.3. The number of aliphatic hydroxyl groups excluding tert-OH is 4. The van der Waals surface area contributed by atoms with Crippen LogP contribution < -0.4 is 4.74 Å². The molecular weight excluding hydrogens is 448 g/mol. The molecule has 5 rings (SSSR count). The molecule has 3 aromatic rings. The van der Waals surface area contributed by atoms with Crippen molar-refractivity contribution in [1.29, 1.82) is 0 Å². The Hall–Kier alpha value is -2.75. The molecule has 1 saturated carbocycles. The molecule has 0 radical (unpaired) electrons. The summed E-state index contributed by atoms with van der Waals surface area (Å²) in [6, 6.07) is 20.3. The van der Waals surface area contributed by atoms with Gasteiger partial charge in [0, 0.05) is 17.5 Å². The van der Waals surface area contributed by atoms with Crippen molar-refractivity contribution in [3.05, 3.63) is 71.8 Å². The van der Waals surface area contributed by atoms with Crippen molar-refractivity contribution in [3.8, 4) is 17.1 Å².